The third-order valence-electron chi connectivity index (χ3n) is 2.71. The summed E-state index contributed by atoms with van der Waals surface area (Å²) in [5, 5.41) is 0. The van der Waals surface area contributed by atoms with Crippen LogP contribution in [0.15, 0.2) is 47.1 Å². The second kappa shape index (κ2) is 5.55. The molecule has 1 aromatic carbocycles. The van der Waals surface area contributed by atoms with E-state index in [1.807, 2.05) is 36.4 Å². The van der Waals surface area contributed by atoms with E-state index in [0.29, 0.717) is 6.61 Å². The maximum atomic E-state index is 5.94. The molecule has 3 heteroatoms. The number of ether oxygens (including phenoxy) is 1. The normalized spacial score (nSPS) is 12.4. The predicted octanol–water partition coefficient (Wildman–Crippen LogP) is 3.27. The highest BCUT2D eigenvalue weighted by Gasteiger charge is 2.03. The van der Waals surface area contributed by atoms with Crippen LogP contribution < -0.4 is 10.5 Å². The van der Waals surface area contributed by atoms with E-state index in [9.17, 15) is 0 Å². The monoisotopic (exact) mass is 231 g/mol. The van der Waals surface area contributed by atoms with Crippen LogP contribution in [0, 0.1) is 0 Å². The lowest BCUT2D eigenvalue weighted by molar-refractivity contribution is 0.270. The van der Waals surface area contributed by atoms with Gasteiger partial charge < -0.3 is 14.9 Å². The van der Waals surface area contributed by atoms with Crippen LogP contribution in [-0.2, 0) is 6.61 Å². The Kier molecular flexibility index (Phi) is 3.83. The van der Waals surface area contributed by atoms with E-state index in [4.69, 9.17) is 14.9 Å². The minimum atomic E-state index is 0.106. The SMILES string of the molecule is CC[C@H](N)c1ccc(OCc2ccco2)cc1. The average Bonchev–Trinajstić information content (AvgIpc) is 2.89. The summed E-state index contributed by atoms with van der Waals surface area (Å²) in [6, 6.07) is 11.7. The van der Waals surface area contributed by atoms with Crippen LogP contribution in [0.25, 0.3) is 0 Å². The van der Waals surface area contributed by atoms with Crippen molar-refractivity contribution in [3.63, 3.8) is 0 Å². The molecular formula is C14H17NO2. The van der Waals surface area contributed by atoms with E-state index in [1.165, 1.54) is 0 Å². The van der Waals surface area contributed by atoms with Crippen molar-refractivity contribution in [1.82, 2.24) is 0 Å². The molecule has 1 atom stereocenters. The molecule has 0 unspecified atom stereocenters. The highest BCUT2D eigenvalue weighted by molar-refractivity contribution is 5.29. The van der Waals surface area contributed by atoms with Crippen LogP contribution in [0.1, 0.15) is 30.7 Å². The Balaban J connectivity index is 1.94. The fourth-order valence-corrected chi connectivity index (χ4v) is 1.60. The van der Waals surface area contributed by atoms with Gasteiger partial charge in [-0.2, -0.15) is 0 Å². The van der Waals surface area contributed by atoms with Gasteiger partial charge in [0.2, 0.25) is 0 Å². The Morgan fingerprint density at radius 1 is 1.24 bits per heavy atom. The largest absolute Gasteiger partial charge is 0.486 e. The first-order valence-corrected chi connectivity index (χ1v) is 5.80. The molecule has 2 N–H and O–H groups in total. The van der Waals surface area contributed by atoms with Crippen LogP contribution in [0.3, 0.4) is 0 Å². The molecule has 3 nitrogen and oxygen atoms in total. The molecule has 0 amide bonds. The van der Waals surface area contributed by atoms with Gasteiger partial charge in [0, 0.05) is 6.04 Å². The molecule has 0 spiro atoms. The van der Waals surface area contributed by atoms with Gasteiger partial charge >= 0.3 is 0 Å². The maximum absolute atomic E-state index is 5.94. The molecule has 0 aliphatic rings. The van der Waals surface area contributed by atoms with Crippen molar-refractivity contribution in [2.45, 2.75) is 26.0 Å². The number of benzene rings is 1. The fraction of sp³-hybridized carbons (Fsp3) is 0.286. The summed E-state index contributed by atoms with van der Waals surface area (Å²) in [5.41, 5.74) is 7.08. The molecule has 0 bridgehead atoms. The Hall–Kier alpha value is -1.74. The summed E-state index contributed by atoms with van der Waals surface area (Å²) in [7, 11) is 0. The minimum absolute atomic E-state index is 0.106. The van der Waals surface area contributed by atoms with Gasteiger partial charge in [-0.05, 0) is 36.2 Å². The quantitative estimate of drug-likeness (QED) is 0.859. The summed E-state index contributed by atoms with van der Waals surface area (Å²) < 4.78 is 10.8. The first-order valence-electron chi connectivity index (χ1n) is 5.80. The second-order valence-electron chi connectivity index (χ2n) is 3.95. The van der Waals surface area contributed by atoms with Crippen molar-refractivity contribution >= 4 is 0 Å². The van der Waals surface area contributed by atoms with Crippen LogP contribution in [0.4, 0.5) is 0 Å². The Morgan fingerprint density at radius 3 is 2.59 bits per heavy atom. The lowest BCUT2D eigenvalue weighted by atomic mass is 10.1. The molecule has 0 fully saturated rings. The van der Waals surface area contributed by atoms with Crippen LogP contribution in [0.5, 0.6) is 5.75 Å². The molecule has 1 heterocycles. The van der Waals surface area contributed by atoms with Gasteiger partial charge in [0.05, 0.1) is 6.26 Å². The van der Waals surface area contributed by atoms with E-state index >= 15 is 0 Å². The van der Waals surface area contributed by atoms with E-state index in [-0.39, 0.29) is 6.04 Å². The van der Waals surface area contributed by atoms with Crippen LogP contribution in [0.2, 0.25) is 0 Å². The number of furan rings is 1. The van der Waals surface area contributed by atoms with E-state index in [0.717, 1.165) is 23.5 Å². The van der Waals surface area contributed by atoms with Gasteiger partial charge in [-0.15, -0.1) is 0 Å². The zero-order valence-corrected chi connectivity index (χ0v) is 9.93. The second-order valence-corrected chi connectivity index (χ2v) is 3.95. The molecule has 0 aliphatic heterocycles. The van der Waals surface area contributed by atoms with Gasteiger partial charge in [-0.25, -0.2) is 0 Å². The smallest absolute Gasteiger partial charge is 0.146 e. The van der Waals surface area contributed by atoms with E-state index in [2.05, 4.69) is 6.92 Å². The third-order valence-corrected chi connectivity index (χ3v) is 2.71. The molecule has 1 aromatic heterocycles. The first-order chi connectivity index (χ1) is 8.29. The average molecular weight is 231 g/mol. The molecule has 0 saturated heterocycles. The van der Waals surface area contributed by atoms with Crippen LogP contribution in [-0.4, -0.2) is 0 Å². The Morgan fingerprint density at radius 2 is 2.00 bits per heavy atom. The van der Waals surface area contributed by atoms with E-state index in [1.54, 1.807) is 6.26 Å². The summed E-state index contributed by atoms with van der Waals surface area (Å²) in [6.45, 7) is 2.53. The minimum Gasteiger partial charge on any atom is -0.486 e. The van der Waals surface area contributed by atoms with Crippen LogP contribution >= 0.6 is 0 Å². The van der Waals surface area contributed by atoms with Gasteiger partial charge in [0.1, 0.15) is 18.1 Å². The van der Waals surface area contributed by atoms with Gasteiger partial charge in [-0.1, -0.05) is 19.1 Å². The third kappa shape index (κ3) is 3.11. The summed E-state index contributed by atoms with van der Waals surface area (Å²) in [6.07, 6.45) is 2.58. The topological polar surface area (TPSA) is 48.4 Å². The lowest BCUT2D eigenvalue weighted by Gasteiger charge is -2.10. The zero-order chi connectivity index (χ0) is 12.1. The van der Waals surface area contributed by atoms with Crippen molar-refractivity contribution in [2.75, 3.05) is 0 Å². The number of rotatable bonds is 5. The lowest BCUT2D eigenvalue weighted by Crippen LogP contribution is -2.08. The Bertz CT molecular complexity index is 434. The van der Waals surface area contributed by atoms with Crippen molar-refractivity contribution in [3.05, 3.63) is 54.0 Å². The molecule has 0 saturated carbocycles. The number of nitrogens with two attached hydrogens (primary N) is 1. The highest BCUT2D eigenvalue weighted by Crippen LogP contribution is 2.19. The summed E-state index contributed by atoms with van der Waals surface area (Å²) >= 11 is 0. The molecule has 2 rings (SSSR count). The summed E-state index contributed by atoms with van der Waals surface area (Å²) in [4.78, 5) is 0. The molecular weight excluding hydrogens is 214 g/mol. The van der Waals surface area contributed by atoms with Gasteiger partial charge in [0.15, 0.2) is 0 Å². The fourth-order valence-electron chi connectivity index (χ4n) is 1.60. The molecule has 0 radical (unpaired) electrons. The summed E-state index contributed by atoms with van der Waals surface area (Å²) in [5.74, 6) is 1.65. The maximum Gasteiger partial charge on any atom is 0.146 e. The predicted molar refractivity (Wildman–Crippen MR) is 66.7 cm³/mol. The molecule has 2 aromatic rings. The number of hydrogen-bond acceptors (Lipinski definition) is 3. The standard InChI is InChI=1S/C14H17NO2/c1-2-14(15)11-5-7-12(8-6-11)17-10-13-4-3-9-16-13/h3-9,14H,2,10,15H2,1H3/t14-/m0/s1. The van der Waals surface area contributed by atoms with Crippen molar-refractivity contribution in [3.8, 4) is 5.75 Å². The van der Waals surface area contributed by atoms with Gasteiger partial charge in [0.25, 0.3) is 0 Å². The molecule has 0 aliphatic carbocycles. The molecule has 17 heavy (non-hydrogen) atoms. The highest BCUT2D eigenvalue weighted by atomic mass is 16.5. The van der Waals surface area contributed by atoms with Crippen molar-refractivity contribution < 1.29 is 9.15 Å². The van der Waals surface area contributed by atoms with Gasteiger partial charge in [-0.3, -0.25) is 0 Å². The zero-order valence-electron chi connectivity index (χ0n) is 9.93. The van der Waals surface area contributed by atoms with E-state index < -0.39 is 0 Å². The Labute approximate surface area is 101 Å². The van der Waals surface area contributed by atoms with Crippen molar-refractivity contribution in [2.24, 2.45) is 5.73 Å². The van der Waals surface area contributed by atoms with Crippen molar-refractivity contribution in [1.29, 1.82) is 0 Å². The number of hydrogen-bond donors (Lipinski definition) is 1. The molecule has 90 valence electrons. The first kappa shape index (κ1) is 11.7.